The van der Waals surface area contributed by atoms with Crippen molar-refractivity contribution in [1.29, 1.82) is 0 Å². The second-order valence-electron chi connectivity index (χ2n) is 3.43. The molecule has 1 aromatic heterocycles. The number of rotatable bonds is 8. The van der Waals surface area contributed by atoms with E-state index in [0.717, 1.165) is 25.1 Å². The van der Waals surface area contributed by atoms with E-state index in [1.54, 1.807) is 12.4 Å². The van der Waals surface area contributed by atoms with Crippen molar-refractivity contribution in [2.24, 2.45) is 0 Å². The van der Waals surface area contributed by atoms with Crippen LogP contribution in [-0.2, 0) is 16.6 Å². The molecule has 0 aliphatic carbocycles. The quantitative estimate of drug-likeness (QED) is 0.572. The fourth-order valence-corrected chi connectivity index (χ4v) is 2.17. The van der Waals surface area contributed by atoms with E-state index >= 15 is 0 Å². The molecule has 0 saturated heterocycles. The van der Waals surface area contributed by atoms with Gasteiger partial charge in [0.25, 0.3) is 10.2 Å². The van der Waals surface area contributed by atoms with Crippen molar-refractivity contribution in [3.05, 3.63) is 18.2 Å². The van der Waals surface area contributed by atoms with Crippen LogP contribution in [0.15, 0.2) is 12.4 Å². The molecule has 0 amide bonds. The minimum absolute atomic E-state index is 0.416. The van der Waals surface area contributed by atoms with Gasteiger partial charge in [0.05, 0.1) is 0 Å². The van der Waals surface area contributed by atoms with Gasteiger partial charge in [0.15, 0.2) is 0 Å². The maximum atomic E-state index is 11.3. The van der Waals surface area contributed by atoms with Crippen LogP contribution in [0.1, 0.15) is 25.6 Å². The number of nitrogens with zero attached hydrogens (tertiary/aromatic N) is 1. The van der Waals surface area contributed by atoms with Crippen LogP contribution < -0.4 is 9.44 Å². The number of nitrogens with one attached hydrogen (secondary N) is 3. The summed E-state index contributed by atoms with van der Waals surface area (Å²) in [6.07, 6.45) is 5.68. The number of hydrogen-bond donors (Lipinski definition) is 3. The molecule has 0 atom stereocenters. The average molecular weight is 246 g/mol. The van der Waals surface area contributed by atoms with Gasteiger partial charge >= 0.3 is 0 Å². The Morgan fingerprint density at radius 3 is 2.75 bits per heavy atom. The number of aromatic nitrogens is 2. The van der Waals surface area contributed by atoms with Crippen LogP contribution in [-0.4, -0.2) is 31.5 Å². The van der Waals surface area contributed by atoms with Crippen molar-refractivity contribution in [3.8, 4) is 0 Å². The predicted molar refractivity (Wildman–Crippen MR) is 62.1 cm³/mol. The van der Waals surface area contributed by atoms with Gasteiger partial charge < -0.3 is 4.98 Å². The first-order valence-corrected chi connectivity index (χ1v) is 6.85. The number of aryl methyl sites for hydroxylation is 1. The molecule has 0 aromatic carbocycles. The van der Waals surface area contributed by atoms with Gasteiger partial charge in [0.2, 0.25) is 0 Å². The van der Waals surface area contributed by atoms with E-state index in [1.807, 2.05) is 6.92 Å². The van der Waals surface area contributed by atoms with E-state index < -0.39 is 10.2 Å². The van der Waals surface area contributed by atoms with Gasteiger partial charge in [0, 0.05) is 31.9 Å². The second kappa shape index (κ2) is 6.62. The minimum Gasteiger partial charge on any atom is -0.349 e. The lowest BCUT2D eigenvalue weighted by atomic mass is 10.3. The maximum Gasteiger partial charge on any atom is 0.276 e. The molecule has 0 aliphatic rings. The van der Waals surface area contributed by atoms with Gasteiger partial charge in [-0.15, -0.1) is 0 Å². The number of H-pyrrole nitrogens is 1. The Bertz CT molecular complexity index is 374. The normalized spacial score (nSPS) is 11.8. The third-order valence-electron chi connectivity index (χ3n) is 1.98. The van der Waals surface area contributed by atoms with Gasteiger partial charge in [-0.05, 0) is 12.8 Å². The summed E-state index contributed by atoms with van der Waals surface area (Å²) in [6, 6.07) is 0. The summed E-state index contributed by atoms with van der Waals surface area (Å²) in [7, 11) is -3.32. The molecule has 0 saturated carbocycles. The third-order valence-corrected chi connectivity index (χ3v) is 3.15. The zero-order chi connectivity index (χ0) is 11.9. The Labute approximate surface area is 96.0 Å². The fraction of sp³-hybridized carbons (Fsp3) is 0.667. The van der Waals surface area contributed by atoms with Crippen LogP contribution in [0.3, 0.4) is 0 Å². The SMILES string of the molecule is CCCNS(=O)(=O)NCCCc1ncc[nH]1. The minimum atomic E-state index is -3.32. The molecule has 16 heavy (non-hydrogen) atoms. The lowest BCUT2D eigenvalue weighted by Crippen LogP contribution is -2.37. The summed E-state index contributed by atoms with van der Waals surface area (Å²) in [5.41, 5.74) is 0. The Balaban J connectivity index is 2.15. The van der Waals surface area contributed by atoms with Crippen molar-refractivity contribution < 1.29 is 8.42 Å². The number of hydrogen-bond acceptors (Lipinski definition) is 3. The van der Waals surface area contributed by atoms with Crippen molar-refractivity contribution in [3.63, 3.8) is 0 Å². The Hall–Kier alpha value is -0.920. The molecule has 0 bridgehead atoms. The molecule has 1 rings (SSSR count). The summed E-state index contributed by atoms with van der Waals surface area (Å²) in [5, 5.41) is 0. The molecule has 92 valence electrons. The molecule has 1 heterocycles. The fourth-order valence-electron chi connectivity index (χ4n) is 1.18. The van der Waals surface area contributed by atoms with E-state index in [-0.39, 0.29) is 0 Å². The highest BCUT2D eigenvalue weighted by Crippen LogP contribution is 1.93. The highest BCUT2D eigenvalue weighted by molar-refractivity contribution is 7.87. The number of imidazole rings is 1. The van der Waals surface area contributed by atoms with E-state index in [4.69, 9.17) is 0 Å². The summed E-state index contributed by atoms with van der Waals surface area (Å²) in [4.78, 5) is 7.02. The van der Waals surface area contributed by atoms with Gasteiger partial charge in [-0.25, -0.2) is 14.4 Å². The first-order chi connectivity index (χ1) is 7.64. The van der Waals surface area contributed by atoms with Crippen molar-refractivity contribution in [2.75, 3.05) is 13.1 Å². The molecule has 0 radical (unpaired) electrons. The van der Waals surface area contributed by atoms with Crippen LogP contribution in [0, 0.1) is 0 Å². The summed E-state index contributed by atoms with van der Waals surface area (Å²) in [5.74, 6) is 0.876. The average Bonchev–Trinajstić information content (AvgIpc) is 2.75. The topological polar surface area (TPSA) is 86.9 Å². The Morgan fingerprint density at radius 1 is 1.38 bits per heavy atom. The standard InChI is InChI=1S/C9H18N4O2S/c1-2-5-12-16(14,15)13-6-3-4-9-10-7-8-11-9/h7-8,12-13H,2-6H2,1H3,(H,10,11). The van der Waals surface area contributed by atoms with Gasteiger partial charge in [-0.2, -0.15) is 8.42 Å². The smallest absolute Gasteiger partial charge is 0.276 e. The lowest BCUT2D eigenvalue weighted by Gasteiger charge is -2.06. The molecular formula is C9H18N4O2S. The molecule has 6 nitrogen and oxygen atoms in total. The van der Waals surface area contributed by atoms with E-state index in [2.05, 4.69) is 19.4 Å². The highest BCUT2D eigenvalue weighted by atomic mass is 32.2. The molecule has 0 aliphatic heterocycles. The largest absolute Gasteiger partial charge is 0.349 e. The maximum absolute atomic E-state index is 11.3. The van der Waals surface area contributed by atoms with Crippen LogP contribution in [0.2, 0.25) is 0 Å². The monoisotopic (exact) mass is 246 g/mol. The molecule has 3 N–H and O–H groups in total. The van der Waals surface area contributed by atoms with Crippen molar-refractivity contribution in [1.82, 2.24) is 19.4 Å². The van der Waals surface area contributed by atoms with Crippen LogP contribution in [0.25, 0.3) is 0 Å². The van der Waals surface area contributed by atoms with E-state index in [0.29, 0.717) is 13.1 Å². The molecular weight excluding hydrogens is 228 g/mol. The van der Waals surface area contributed by atoms with Crippen LogP contribution in [0.5, 0.6) is 0 Å². The van der Waals surface area contributed by atoms with Crippen LogP contribution >= 0.6 is 0 Å². The number of aromatic amines is 1. The van der Waals surface area contributed by atoms with Gasteiger partial charge in [-0.1, -0.05) is 6.92 Å². The first kappa shape index (κ1) is 13.1. The second-order valence-corrected chi connectivity index (χ2v) is 5.02. The van der Waals surface area contributed by atoms with Crippen molar-refractivity contribution in [2.45, 2.75) is 26.2 Å². The molecule has 1 aromatic rings. The first-order valence-electron chi connectivity index (χ1n) is 5.36. The lowest BCUT2D eigenvalue weighted by molar-refractivity contribution is 0.563. The zero-order valence-electron chi connectivity index (χ0n) is 9.36. The van der Waals surface area contributed by atoms with Gasteiger partial charge in [0.1, 0.15) is 5.82 Å². The highest BCUT2D eigenvalue weighted by Gasteiger charge is 2.06. The predicted octanol–water partition coefficient (Wildman–Crippen LogP) is 0.176. The summed E-state index contributed by atoms with van der Waals surface area (Å²) >= 11 is 0. The third kappa shape index (κ3) is 5.24. The van der Waals surface area contributed by atoms with Crippen molar-refractivity contribution >= 4 is 10.2 Å². The Morgan fingerprint density at radius 2 is 2.12 bits per heavy atom. The zero-order valence-corrected chi connectivity index (χ0v) is 10.2. The summed E-state index contributed by atoms with van der Waals surface area (Å²) in [6.45, 7) is 2.80. The van der Waals surface area contributed by atoms with Gasteiger partial charge in [-0.3, -0.25) is 0 Å². The van der Waals surface area contributed by atoms with E-state index in [9.17, 15) is 8.42 Å². The Kier molecular flexibility index (Phi) is 5.44. The molecule has 7 heteroatoms. The van der Waals surface area contributed by atoms with E-state index in [1.165, 1.54) is 0 Å². The molecule has 0 fully saturated rings. The van der Waals surface area contributed by atoms with Crippen LogP contribution in [0.4, 0.5) is 0 Å². The molecule has 0 unspecified atom stereocenters. The summed E-state index contributed by atoms with van der Waals surface area (Å²) < 4.78 is 27.5. The molecule has 0 spiro atoms.